The summed E-state index contributed by atoms with van der Waals surface area (Å²) in [6.45, 7) is 0.250. The van der Waals surface area contributed by atoms with Crippen molar-refractivity contribution < 1.29 is 18.9 Å². The van der Waals surface area contributed by atoms with Crippen LogP contribution in [0.25, 0.3) is 0 Å². The van der Waals surface area contributed by atoms with Gasteiger partial charge in [-0.1, -0.05) is 0 Å². The molecule has 0 aliphatic rings. The molecule has 0 fully saturated rings. The molecular formula is HLiPS2+. The molecule has 1 atom stereocenters. The average molecular weight is 103 g/mol. The summed E-state index contributed by atoms with van der Waals surface area (Å²) >= 11 is 8.47. The van der Waals surface area contributed by atoms with E-state index in [9.17, 15) is 0 Å². The van der Waals surface area contributed by atoms with Crippen LogP contribution in [0, 0.1) is 0 Å². The Labute approximate surface area is 49.5 Å². The van der Waals surface area contributed by atoms with E-state index >= 15 is 0 Å². The van der Waals surface area contributed by atoms with Crippen molar-refractivity contribution in [1.29, 1.82) is 0 Å². The van der Waals surface area contributed by atoms with E-state index in [1.807, 2.05) is 0 Å². The minimum absolute atomic E-state index is 0. The topological polar surface area (TPSA) is 0 Å². The van der Waals surface area contributed by atoms with Crippen LogP contribution in [0.15, 0.2) is 0 Å². The monoisotopic (exact) mass is 103 g/mol. The molecule has 0 amide bonds. The van der Waals surface area contributed by atoms with Crippen molar-refractivity contribution in [2.75, 3.05) is 0 Å². The molecule has 0 rings (SSSR count). The third-order valence-corrected chi connectivity index (χ3v) is 0. The normalized spacial score (nSPS) is 5.25. The molecule has 0 aromatic rings. The fourth-order valence-corrected chi connectivity index (χ4v) is 0. The molecule has 1 unspecified atom stereocenters. The fraction of sp³-hybridized carbons (Fsp3) is 0. The first-order chi connectivity index (χ1) is 1.41. The van der Waals surface area contributed by atoms with Gasteiger partial charge in [0, 0.05) is 6.56 Å². The molecular weight excluding hydrogens is 102 g/mol. The molecule has 0 heterocycles. The zero-order valence-electron chi connectivity index (χ0n) is 2.32. The Morgan fingerprint density at radius 2 is 1.75 bits per heavy atom. The summed E-state index contributed by atoms with van der Waals surface area (Å²) in [4.78, 5) is 0. The summed E-state index contributed by atoms with van der Waals surface area (Å²) < 4.78 is 0. The molecule has 4 heavy (non-hydrogen) atoms. The van der Waals surface area contributed by atoms with Crippen LogP contribution in [0.3, 0.4) is 0 Å². The predicted octanol–water partition coefficient (Wildman–Crippen LogP) is -2.41. The van der Waals surface area contributed by atoms with Crippen LogP contribution >= 0.6 is 6.56 Å². The third-order valence-electron chi connectivity index (χ3n) is 0. The summed E-state index contributed by atoms with van der Waals surface area (Å²) in [5.41, 5.74) is 0. The molecule has 18 valence electrons. The fourth-order valence-electron chi connectivity index (χ4n) is 0. The van der Waals surface area contributed by atoms with Gasteiger partial charge in [-0.25, -0.2) is 0 Å². The first-order valence-electron chi connectivity index (χ1n) is 0.408. The van der Waals surface area contributed by atoms with Crippen LogP contribution in [0.4, 0.5) is 0 Å². The maximum atomic E-state index is 4.24. The minimum atomic E-state index is 0. The van der Waals surface area contributed by atoms with E-state index in [1.165, 1.54) is 0 Å². The van der Waals surface area contributed by atoms with E-state index < -0.39 is 0 Å². The van der Waals surface area contributed by atoms with Gasteiger partial charge in [0.2, 0.25) is 0 Å². The summed E-state index contributed by atoms with van der Waals surface area (Å²) in [7, 11) is 0. The van der Waals surface area contributed by atoms with Crippen molar-refractivity contribution in [3.8, 4) is 0 Å². The third kappa shape index (κ3) is 9.80. The van der Waals surface area contributed by atoms with E-state index in [-0.39, 0.29) is 25.4 Å². The van der Waals surface area contributed by atoms with Gasteiger partial charge in [0.1, 0.15) is 11.8 Å². The average Bonchev–Trinajstić information content (AvgIpc) is 0.918. The van der Waals surface area contributed by atoms with Gasteiger partial charge in [-0.2, -0.15) is 0 Å². The quantitative estimate of drug-likeness (QED) is 0.190. The van der Waals surface area contributed by atoms with Crippen LogP contribution in [0.1, 0.15) is 0 Å². The van der Waals surface area contributed by atoms with E-state index in [1.54, 1.807) is 0 Å². The van der Waals surface area contributed by atoms with Crippen LogP contribution in [0.5, 0.6) is 0 Å². The van der Waals surface area contributed by atoms with E-state index in [0.717, 1.165) is 0 Å². The summed E-state index contributed by atoms with van der Waals surface area (Å²) in [5.74, 6) is 0. The Hall–Kier alpha value is 1.47. The van der Waals surface area contributed by atoms with Crippen molar-refractivity contribution in [3.63, 3.8) is 0 Å². The second kappa shape index (κ2) is 8.82. The number of hydrogen-bond donors (Lipinski definition) is 0. The van der Waals surface area contributed by atoms with Gasteiger partial charge in [0.25, 0.3) is 0 Å². The Morgan fingerprint density at radius 3 is 1.75 bits per heavy atom. The standard InChI is InChI=1S/Li.HPS2/c;2-1-3/h;1H/q+1;. The van der Waals surface area contributed by atoms with Gasteiger partial charge < -0.3 is 12.2 Å². The molecule has 0 aliphatic carbocycles. The van der Waals surface area contributed by atoms with Crippen molar-refractivity contribution in [2.45, 2.75) is 0 Å². The smallest absolute Gasteiger partial charge is 0.481 e. The van der Waals surface area contributed by atoms with Gasteiger partial charge in [-0.3, -0.25) is 0 Å². The number of rotatable bonds is 0. The molecule has 0 nitrogen and oxygen atoms in total. The van der Waals surface area contributed by atoms with Crippen molar-refractivity contribution in [1.82, 2.24) is 0 Å². The maximum Gasteiger partial charge on any atom is 1.00 e. The Bertz CT molecular complexity index is 13.5. The second-order valence-corrected chi connectivity index (χ2v) is 2.25. The van der Waals surface area contributed by atoms with Crippen molar-refractivity contribution in [2.24, 2.45) is 0 Å². The molecule has 0 spiro atoms. The van der Waals surface area contributed by atoms with E-state index in [4.69, 9.17) is 0 Å². The predicted molar refractivity (Wildman–Crippen MR) is 23.0 cm³/mol. The Balaban J connectivity index is 0. The molecule has 0 aromatic carbocycles. The molecule has 0 saturated heterocycles. The summed E-state index contributed by atoms with van der Waals surface area (Å²) in [6.07, 6.45) is 0. The van der Waals surface area contributed by atoms with E-state index in [0.29, 0.717) is 0 Å². The Kier molecular flexibility index (Phi) is 20.0. The zero-order chi connectivity index (χ0) is 2.71. The van der Waals surface area contributed by atoms with Gasteiger partial charge in [0.15, 0.2) is 0 Å². The van der Waals surface area contributed by atoms with Crippen LogP contribution in [-0.4, -0.2) is 0 Å². The first kappa shape index (κ1) is 9.08. The first-order valence-corrected chi connectivity index (χ1v) is 3.67. The maximum absolute atomic E-state index is 4.24. The summed E-state index contributed by atoms with van der Waals surface area (Å²) in [5, 5.41) is 0. The molecule has 0 aromatic heterocycles. The second-order valence-electron chi connectivity index (χ2n) is 0.0833. The molecule has 0 N–H and O–H groups in total. The molecule has 0 aliphatic heterocycles. The minimum Gasteiger partial charge on any atom is -0.481 e. The number of hydrogen-bond acceptors (Lipinski definition) is 2. The molecule has 0 radical (unpaired) electrons. The van der Waals surface area contributed by atoms with Gasteiger partial charge in [-0.05, 0) is 0 Å². The Morgan fingerprint density at radius 1 is 1.75 bits per heavy atom. The van der Waals surface area contributed by atoms with Gasteiger partial charge in [-0.15, -0.1) is 0 Å². The largest absolute Gasteiger partial charge is 1.00 e. The van der Waals surface area contributed by atoms with Crippen LogP contribution in [0.2, 0.25) is 0 Å². The van der Waals surface area contributed by atoms with Crippen LogP contribution < -0.4 is 18.9 Å². The zero-order valence-corrected chi connectivity index (χ0v) is 4.95. The molecule has 4 heteroatoms. The van der Waals surface area contributed by atoms with Crippen molar-refractivity contribution >= 4 is 30.6 Å². The van der Waals surface area contributed by atoms with Gasteiger partial charge >= 0.3 is 18.9 Å². The van der Waals surface area contributed by atoms with Crippen LogP contribution in [-0.2, 0) is 24.1 Å². The van der Waals surface area contributed by atoms with Gasteiger partial charge in [0.05, 0.1) is 0 Å². The summed E-state index contributed by atoms with van der Waals surface area (Å²) in [6, 6.07) is 0. The van der Waals surface area contributed by atoms with E-state index in [2.05, 4.69) is 24.1 Å². The molecule has 0 bridgehead atoms. The van der Waals surface area contributed by atoms with Crippen molar-refractivity contribution in [3.05, 3.63) is 0 Å². The SMILES string of the molecule is S=[PH+][S-].[Li+]. The molecule has 0 saturated carbocycles.